The summed E-state index contributed by atoms with van der Waals surface area (Å²) in [7, 11) is 0. The number of aliphatic hydroxyl groups excluding tert-OH is 1. The molecular formula is C21H20N6O5. The molecule has 164 valence electrons. The van der Waals surface area contributed by atoms with E-state index >= 15 is 0 Å². The van der Waals surface area contributed by atoms with E-state index in [1.165, 1.54) is 12.1 Å². The zero-order valence-corrected chi connectivity index (χ0v) is 16.9. The van der Waals surface area contributed by atoms with Gasteiger partial charge >= 0.3 is 0 Å². The van der Waals surface area contributed by atoms with E-state index in [1.807, 2.05) is 0 Å². The molecule has 0 saturated heterocycles. The van der Waals surface area contributed by atoms with Gasteiger partial charge in [-0.1, -0.05) is 17.3 Å². The number of nitrogens with zero attached hydrogens (tertiary/aromatic N) is 3. The Morgan fingerprint density at radius 3 is 2.75 bits per heavy atom. The van der Waals surface area contributed by atoms with Crippen molar-refractivity contribution in [2.24, 2.45) is 0 Å². The summed E-state index contributed by atoms with van der Waals surface area (Å²) in [5.41, 5.74) is 1.74. The van der Waals surface area contributed by atoms with Crippen molar-refractivity contribution in [3.8, 4) is 5.75 Å². The first-order chi connectivity index (χ1) is 15.3. The Bertz CT molecular complexity index is 1300. The van der Waals surface area contributed by atoms with Gasteiger partial charge in [-0.15, -0.1) is 5.10 Å². The summed E-state index contributed by atoms with van der Waals surface area (Å²) < 4.78 is 0.915. The van der Waals surface area contributed by atoms with Gasteiger partial charge < -0.3 is 15.5 Å². The van der Waals surface area contributed by atoms with Gasteiger partial charge in [0.2, 0.25) is 5.91 Å². The number of aromatic hydroxyl groups is 1. The van der Waals surface area contributed by atoms with E-state index in [0.29, 0.717) is 16.8 Å². The molecule has 0 saturated carbocycles. The number of amides is 2. The Morgan fingerprint density at radius 2 is 2.00 bits per heavy atom. The van der Waals surface area contributed by atoms with E-state index in [-0.39, 0.29) is 17.7 Å². The molecular weight excluding hydrogens is 416 g/mol. The summed E-state index contributed by atoms with van der Waals surface area (Å²) in [6, 6.07) is 8.80. The van der Waals surface area contributed by atoms with Gasteiger partial charge in [-0.05, 0) is 42.3 Å². The van der Waals surface area contributed by atoms with Crippen molar-refractivity contribution < 1.29 is 19.8 Å². The van der Waals surface area contributed by atoms with Crippen LogP contribution in [0.25, 0.3) is 10.9 Å². The van der Waals surface area contributed by atoms with Gasteiger partial charge in [-0.3, -0.25) is 25.0 Å². The number of aromatic nitrogens is 3. The van der Waals surface area contributed by atoms with Crippen molar-refractivity contribution in [2.45, 2.75) is 25.9 Å². The molecule has 1 aromatic heterocycles. The van der Waals surface area contributed by atoms with Crippen molar-refractivity contribution >= 4 is 28.4 Å². The zero-order chi connectivity index (χ0) is 22.8. The molecule has 11 nitrogen and oxygen atoms in total. The maximum absolute atomic E-state index is 12.9. The molecule has 3 aromatic rings. The topological polar surface area (TPSA) is 158 Å². The van der Waals surface area contributed by atoms with Crippen LogP contribution < -0.4 is 21.5 Å². The Kier molecular flexibility index (Phi) is 5.67. The van der Waals surface area contributed by atoms with Gasteiger partial charge in [-0.2, -0.15) is 4.68 Å². The summed E-state index contributed by atoms with van der Waals surface area (Å²) in [5, 5.41) is 35.8. The first-order valence-corrected chi connectivity index (χ1v) is 9.70. The molecule has 5 N–H and O–H groups in total. The van der Waals surface area contributed by atoms with Gasteiger partial charge in [0.1, 0.15) is 11.3 Å². The molecule has 4 rings (SSSR count). The average molecular weight is 436 g/mol. The number of imide groups is 1. The van der Waals surface area contributed by atoms with Gasteiger partial charge in [-0.25, -0.2) is 0 Å². The minimum absolute atomic E-state index is 0.111. The SMILES string of the molecule is Cc1ccc(NC(O)NCc2ccc3nnn(C4C=CC(=O)NC4=O)c(=O)c3c2)cc1O. The molecule has 2 heterocycles. The van der Waals surface area contributed by atoms with E-state index in [1.54, 1.807) is 37.3 Å². The van der Waals surface area contributed by atoms with E-state index in [2.05, 4.69) is 26.3 Å². The molecule has 0 radical (unpaired) electrons. The van der Waals surface area contributed by atoms with Gasteiger partial charge in [0, 0.05) is 24.4 Å². The molecule has 2 aromatic carbocycles. The number of hydrogen-bond donors (Lipinski definition) is 5. The molecule has 2 atom stereocenters. The molecule has 0 aliphatic carbocycles. The number of rotatable bonds is 6. The molecule has 2 unspecified atom stereocenters. The normalized spacial score (nSPS) is 16.8. The fourth-order valence-electron chi connectivity index (χ4n) is 3.21. The van der Waals surface area contributed by atoms with Crippen LogP contribution in [0.4, 0.5) is 5.69 Å². The summed E-state index contributed by atoms with van der Waals surface area (Å²) in [4.78, 5) is 36.2. The Hall–Kier alpha value is -4.09. The highest BCUT2D eigenvalue weighted by Crippen LogP contribution is 2.21. The third kappa shape index (κ3) is 4.33. The molecule has 2 amide bonds. The summed E-state index contributed by atoms with van der Waals surface area (Å²) in [5.74, 6) is -1.11. The van der Waals surface area contributed by atoms with E-state index in [0.717, 1.165) is 16.3 Å². The summed E-state index contributed by atoms with van der Waals surface area (Å²) in [6.07, 6.45) is 1.33. The molecule has 32 heavy (non-hydrogen) atoms. The predicted octanol–water partition coefficient (Wildman–Crippen LogP) is 0.0368. The maximum Gasteiger partial charge on any atom is 0.278 e. The minimum Gasteiger partial charge on any atom is -0.508 e. The zero-order valence-electron chi connectivity index (χ0n) is 16.9. The second kappa shape index (κ2) is 8.57. The smallest absolute Gasteiger partial charge is 0.278 e. The van der Waals surface area contributed by atoms with Crippen LogP contribution in [-0.4, -0.2) is 43.4 Å². The fourth-order valence-corrected chi connectivity index (χ4v) is 3.21. The van der Waals surface area contributed by atoms with Crippen LogP contribution in [0, 0.1) is 6.92 Å². The van der Waals surface area contributed by atoms with Gasteiger partial charge in [0.05, 0.1) is 5.39 Å². The van der Waals surface area contributed by atoms with Crippen LogP contribution in [0.3, 0.4) is 0 Å². The van der Waals surface area contributed by atoms with Crippen LogP contribution in [0.15, 0.2) is 53.3 Å². The van der Waals surface area contributed by atoms with Gasteiger partial charge in [0.15, 0.2) is 12.4 Å². The lowest BCUT2D eigenvalue weighted by molar-refractivity contribution is -0.130. The van der Waals surface area contributed by atoms with Crippen molar-refractivity contribution in [1.29, 1.82) is 0 Å². The van der Waals surface area contributed by atoms with Crippen molar-refractivity contribution in [3.05, 3.63) is 70.0 Å². The standard InChI is InChI=1S/C21H20N6O5/c1-11-2-4-13(9-17(11)28)23-21(32)22-10-12-3-5-15-14(8-12)20(31)27(26-25-15)16-6-7-18(29)24-19(16)30/h2-9,16,21-23,28,32H,10H2,1H3,(H,24,29,30). The number of carbonyl (C=O) groups is 2. The first kappa shape index (κ1) is 21.2. The number of carbonyl (C=O) groups excluding carboxylic acids is 2. The molecule has 1 aliphatic heterocycles. The third-order valence-electron chi connectivity index (χ3n) is 4.97. The number of anilines is 1. The maximum atomic E-state index is 12.9. The van der Waals surface area contributed by atoms with Crippen LogP contribution in [-0.2, 0) is 16.1 Å². The monoisotopic (exact) mass is 436 g/mol. The van der Waals surface area contributed by atoms with Gasteiger partial charge in [0.25, 0.3) is 11.5 Å². The first-order valence-electron chi connectivity index (χ1n) is 9.70. The van der Waals surface area contributed by atoms with Crippen molar-refractivity contribution in [3.63, 3.8) is 0 Å². The Morgan fingerprint density at radius 1 is 1.19 bits per heavy atom. The highest BCUT2D eigenvalue weighted by atomic mass is 16.3. The average Bonchev–Trinajstić information content (AvgIpc) is 2.76. The summed E-state index contributed by atoms with van der Waals surface area (Å²) in [6.45, 7) is 1.98. The number of benzene rings is 2. The third-order valence-corrected chi connectivity index (χ3v) is 4.97. The molecule has 0 spiro atoms. The number of phenolic OH excluding ortho intramolecular Hbond substituents is 1. The number of fused-ring (bicyclic) bond motifs is 1. The predicted molar refractivity (Wildman–Crippen MR) is 114 cm³/mol. The highest BCUT2D eigenvalue weighted by molar-refractivity contribution is 6.05. The van der Waals surface area contributed by atoms with Crippen LogP contribution in [0.5, 0.6) is 5.75 Å². The van der Waals surface area contributed by atoms with Crippen LogP contribution in [0.1, 0.15) is 17.2 Å². The number of aryl methyl sites for hydroxylation is 1. The second-order valence-corrected chi connectivity index (χ2v) is 7.28. The van der Waals surface area contributed by atoms with E-state index in [4.69, 9.17) is 0 Å². The quantitative estimate of drug-likeness (QED) is 0.266. The minimum atomic E-state index is -1.12. The summed E-state index contributed by atoms with van der Waals surface area (Å²) >= 11 is 0. The number of aliphatic hydroxyl groups is 1. The van der Waals surface area contributed by atoms with Crippen LogP contribution >= 0.6 is 0 Å². The highest BCUT2D eigenvalue weighted by Gasteiger charge is 2.26. The molecule has 11 heteroatoms. The van der Waals surface area contributed by atoms with Crippen LogP contribution in [0.2, 0.25) is 0 Å². The van der Waals surface area contributed by atoms with E-state index < -0.39 is 29.8 Å². The second-order valence-electron chi connectivity index (χ2n) is 7.28. The lowest BCUT2D eigenvalue weighted by Crippen LogP contribution is -2.42. The molecule has 0 bridgehead atoms. The largest absolute Gasteiger partial charge is 0.508 e. The number of hydrogen-bond acceptors (Lipinski definition) is 9. The Balaban J connectivity index is 1.51. The number of phenols is 1. The van der Waals surface area contributed by atoms with Crippen molar-refractivity contribution in [1.82, 2.24) is 25.6 Å². The lowest BCUT2D eigenvalue weighted by atomic mass is 10.1. The molecule has 1 aliphatic rings. The fraction of sp³-hybridized carbons (Fsp3) is 0.190. The van der Waals surface area contributed by atoms with Crippen molar-refractivity contribution in [2.75, 3.05) is 5.32 Å². The molecule has 0 fully saturated rings. The Labute approximate surface area is 181 Å². The number of nitrogens with one attached hydrogen (secondary N) is 3. The lowest BCUT2D eigenvalue weighted by Gasteiger charge is -2.17. The van der Waals surface area contributed by atoms with E-state index in [9.17, 15) is 24.6 Å².